The van der Waals surface area contributed by atoms with Crippen LogP contribution < -0.4 is 25.7 Å². The van der Waals surface area contributed by atoms with E-state index in [4.69, 9.17) is 14.0 Å². The van der Waals surface area contributed by atoms with Crippen molar-refractivity contribution in [2.24, 2.45) is 82.9 Å². The van der Waals surface area contributed by atoms with Gasteiger partial charge in [0.15, 0.2) is 11.6 Å². The number of rotatable bonds is 38. The zero-order chi connectivity index (χ0) is 96.7. The minimum Gasteiger partial charge on any atom is -0.491 e. The van der Waals surface area contributed by atoms with Gasteiger partial charge in [-0.2, -0.15) is 0 Å². The number of nitrogens with zero attached hydrogens (tertiary/aromatic N) is 6. The number of Topliss-reactive ketones (excluding diaryl/α,β-unsaturated/α-hetero) is 8. The third kappa shape index (κ3) is 52.4. The molecule has 22 heteroatoms. The largest absolute Gasteiger partial charge is 0.491 e. The Bertz CT molecular complexity index is 4030. The standard InChI is InChI=1S/C15H27NO2.C15H22O.C14H27NO.C14H20O2.C13H20N2O2.C12H24N2O.C12H19NOS.C10H15NO3.CH4/c1-11(2)9-13-7-5-6-8-16(15(13)18)10-14(17)12(3)4;1-11(2)8-13-6-5-7-14(9-13)10-15(16)12(3)4;1-10(2)14(16)13-7-5-12(6-8-13)9-15-11(3)4;1-10(2)14(15)9-12-5-7-13(8-6-12)16-11(3)4;1-9(2)12(16)8-15-7-5-6-11(13(15)17)14-10(3)4;1-10(2)12(15)9-13-5-7-14(8-6-13)11(3)4;1-8(2)5-10-7-15-12(13-10)6-11(14)9(3)4;1-6(2)10(12)8-5-9(11-14-8)13-7(3)4;/h11-13H,5-10H2,1-4H3;5-7,9,11-12H,8,10H2,1-4H3;10-13,15H,5-9H2,1-4H3;5-8,10-11H,9H2,1-4H3;5-7,9-10,14H,8H2,1-4H3;10-11H,5-9H2,1-4H3;7-9H,5-6H2,1-4H3;5-7H,1-4H3;1H4/t13-;;;;;;;;/m1......../s1. The Kier molecular flexibility index (Phi) is 60.4. The Hall–Kier alpha value is -7.66. The average molecular weight is 1800 g/mol. The van der Waals surface area contributed by atoms with Crippen LogP contribution in [-0.4, -0.2) is 164 Å². The quantitative estimate of drug-likeness (QED) is 0.0348. The monoisotopic (exact) mass is 1800 g/mol. The van der Waals surface area contributed by atoms with Gasteiger partial charge in [0.1, 0.15) is 45.4 Å². The lowest BCUT2D eigenvalue weighted by Gasteiger charge is -2.36. The summed E-state index contributed by atoms with van der Waals surface area (Å²) in [5.74, 6) is 7.32. The van der Waals surface area contributed by atoms with E-state index in [1.807, 2.05) is 183 Å². The van der Waals surface area contributed by atoms with E-state index in [-0.39, 0.29) is 132 Å². The molecule has 2 saturated heterocycles. The van der Waals surface area contributed by atoms with Crippen molar-refractivity contribution in [2.45, 2.75) is 349 Å². The van der Waals surface area contributed by atoms with Gasteiger partial charge < -0.3 is 34.1 Å². The molecule has 1 atom stereocenters. The Morgan fingerprint density at radius 2 is 1.01 bits per heavy atom. The first-order valence-electron chi connectivity index (χ1n) is 47.9. The molecule has 2 aromatic carbocycles. The van der Waals surface area contributed by atoms with Crippen molar-refractivity contribution in [3.63, 3.8) is 0 Å². The van der Waals surface area contributed by atoms with Crippen LogP contribution in [0, 0.1) is 82.9 Å². The molecule has 0 radical (unpaired) electrons. The van der Waals surface area contributed by atoms with Crippen molar-refractivity contribution in [3.8, 4) is 11.6 Å². The van der Waals surface area contributed by atoms with Crippen molar-refractivity contribution in [1.29, 1.82) is 0 Å². The highest BCUT2D eigenvalue weighted by Crippen LogP contribution is 2.31. The Balaban J connectivity index is 0.00000144. The SMILES string of the molecule is C.CC(C)C(=O)CN1CCN(C(C)C)CC1.CC(C)C[C@H]1CCCCN(CC(=O)C(C)C)C1=O.CC(C)Cc1cccc(CC(=O)C(C)C)c1.CC(C)Cc1csc(CC(=O)C(C)C)n1.CC(C)NCC1CCC(C(=O)C(C)C)CC1.CC(C)Nc1cccn(CC(=O)C(C)C)c1=O.CC(C)Oc1cc(C(=O)C(C)C)on1.CC(C)Oc1ccc(CC(=O)C(C)C)cc1. The molecule has 726 valence electrons. The van der Waals surface area contributed by atoms with Crippen LogP contribution >= 0.6 is 11.3 Å². The number of carbonyl (C=O) groups excluding carboxylic acids is 9. The van der Waals surface area contributed by atoms with Crippen LogP contribution in [0.2, 0.25) is 0 Å². The third-order valence-electron chi connectivity index (χ3n) is 21.6. The number of anilines is 1. The van der Waals surface area contributed by atoms with Crippen LogP contribution in [0.3, 0.4) is 0 Å². The lowest BCUT2D eigenvalue weighted by Crippen LogP contribution is -2.50. The maximum absolute atomic E-state index is 12.4. The average Bonchev–Trinajstić information content (AvgIpc) is 0.989. The molecule has 1 saturated carbocycles. The maximum atomic E-state index is 12.4. The van der Waals surface area contributed by atoms with Crippen LogP contribution in [0.4, 0.5) is 5.69 Å². The molecule has 1 amide bonds. The number of nitrogens with one attached hydrogen (secondary N) is 2. The number of likely N-dealkylation sites (tertiary alicyclic amines) is 1. The lowest BCUT2D eigenvalue weighted by atomic mass is 9.78. The highest BCUT2D eigenvalue weighted by atomic mass is 32.1. The zero-order valence-electron chi connectivity index (χ0n) is 84.9. The molecule has 0 unspecified atom stereocenters. The van der Waals surface area contributed by atoms with Crippen LogP contribution in [0.5, 0.6) is 11.6 Å². The van der Waals surface area contributed by atoms with Gasteiger partial charge in [-0.1, -0.05) is 216 Å². The molecule has 3 aliphatic rings. The molecular formula is C106H178N8O13S. The van der Waals surface area contributed by atoms with Crippen molar-refractivity contribution in [1.82, 2.24) is 34.7 Å². The number of ether oxygens (including phenoxy) is 2. The molecule has 21 nitrogen and oxygen atoms in total. The second kappa shape index (κ2) is 64.2. The number of ketones is 8. The van der Waals surface area contributed by atoms with Gasteiger partial charge in [-0.25, -0.2) is 4.98 Å². The second-order valence-electron chi connectivity index (χ2n) is 40.0. The fraction of sp³-hybridized carbons (Fsp3) is 0.698. The number of benzene rings is 2. The summed E-state index contributed by atoms with van der Waals surface area (Å²) in [4.78, 5) is 128. The third-order valence-corrected chi connectivity index (χ3v) is 22.5. The maximum Gasteiger partial charge on any atom is 0.274 e. The van der Waals surface area contributed by atoms with Gasteiger partial charge >= 0.3 is 0 Å². The van der Waals surface area contributed by atoms with E-state index in [0.717, 1.165) is 124 Å². The van der Waals surface area contributed by atoms with Crippen LogP contribution in [0.1, 0.15) is 318 Å². The molecule has 2 N–H and O–H groups in total. The summed E-state index contributed by atoms with van der Waals surface area (Å²) in [5.41, 5.74) is 5.06. The molecule has 128 heavy (non-hydrogen) atoms. The van der Waals surface area contributed by atoms with Crippen LogP contribution in [0.25, 0.3) is 0 Å². The Morgan fingerprint density at radius 3 is 1.49 bits per heavy atom. The Morgan fingerprint density at radius 1 is 0.492 bits per heavy atom. The number of pyridine rings is 1. The van der Waals surface area contributed by atoms with Gasteiger partial charge in [0.05, 0.1) is 50.0 Å². The summed E-state index contributed by atoms with van der Waals surface area (Å²) >= 11 is 1.61. The highest BCUT2D eigenvalue weighted by Gasteiger charge is 2.31. The van der Waals surface area contributed by atoms with Gasteiger partial charge in [-0.3, -0.25) is 57.7 Å². The fourth-order valence-corrected chi connectivity index (χ4v) is 14.5. The first-order chi connectivity index (χ1) is 59.3. The van der Waals surface area contributed by atoms with Crippen LogP contribution in [0.15, 0.2) is 87.6 Å². The first kappa shape index (κ1) is 120. The fourth-order valence-electron chi connectivity index (χ4n) is 13.7. The van der Waals surface area contributed by atoms with E-state index < -0.39 is 0 Å². The number of amides is 1. The van der Waals surface area contributed by atoms with Crippen molar-refractivity contribution < 1.29 is 57.1 Å². The first-order valence-corrected chi connectivity index (χ1v) is 48.8. The Labute approximate surface area is 779 Å². The summed E-state index contributed by atoms with van der Waals surface area (Å²) in [6.45, 7) is 71.6. The second-order valence-corrected chi connectivity index (χ2v) is 41.0. The predicted molar refractivity (Wildman–Crippen MR) is 531 cm³/mol. The molecule has 5 heterocycles. The van der Waals surface area contributed by atoms with Crippen molar-refractivity contribution >= 4 is 69.2 Å². The lowest BCUT2D eigenvalue weighted by molar-refractivity contribution is -0.139. The number of piperazine rings is 1. The van der Waals surface area contributed by atoms with Gasteiger partial charge in [0.25, 0.3) is 11.4 Å². The van der Waals surface area contributed by atoms with Crippen LogP contribution in [-0.2, 0) is 77.0 Å². The van der Waals surface area contributed by atoms with Crippen molar-refractivity contribution in [3.05, 3.63) is 122 Å². The summed E-state index contributed by atoms with van der Waals surface area (Å²) in [6.07, 6.45) is 14.3. The number of carbonyl (C=O) groups is 9. The molecule has 5 aromatic rings. The number of hydrogen-bond acceptors (Lipinski definition) is 20. The normalized spacial score (nSPS) is 15.4. The van der Waals surface area contributed by atoms with Gasteiger partial charge in [0, 0.05) is 134 Å². The molecular weight excluding hydrogens is 1630 g/mol. The van der Waals surface area contributed by atoms with Gasteiger partial charge in [-0.05, 0) is 190 Å². The molecule has 3 fully saturated rings. The minimum absolute atomic E-state index is 0. The smallest absolute Gasteiger partial charge is 0.274 e. The zero-order valence-corrected chi connectivity index (χ0v) is 85.7. The summed E-state index contributed by atoms with van der Waals surface area (Å²) in [7, 11) is 0. The van der Waals surface area contributed by atoms with E-state index in [1.165, 1.54) is 29.0 Å². The molecule has 0 bridgehead atoms. The van der Waals surface area contributed by atoms with E-state index in [0.29, 0.717) is 97.0 Å². The number of aromatic nitrogens is 3. The topological polar surface area (TPSA) is 267 Å². The van der Waals surface area contributed by atoms with E-state index in [9.17, 15) is 47.9 Å². The molecule has 0 spiro atoms. The van der Waals surface area contributed by atoms with Crippen molar-refractivity contribution in [2.75, 3.05) is 57.7 Å². The molecule has 3 aromatic heterocycles. The molecule has 8 rings (SSSR count). The summed E-state index contributed by atoms with van der Waals surface area (Å²) in [6, 6.07) is 22.6. The molecule has 2 aliphatic heterocycles. The van der Waals surface area contributed by atoms with Gasteiger partial charge in [0.2, 0.25) is 17.5 Å². The summed E-state index contributed by atoms with van der Waals surface area (Å²) < 4.78 is 17.1. The summed E-state index contributed by atoms with van der Waals surface area (Å²) in [5, 5.41) is 13.2. The van der Waals surface area contributed by atoms with E-state index >= 15 is 0 Å². The van der Waals surface area contributed by atoms with Gasteiger partial charge in [-0.15, -0.1) is 11.3 Å². The van der Waals surface area contributed by atoms with E-state index in [1.54, 1.807) is 34.6 Å². The minimum atomic E-state index is -0.143. The molecule has 1 aliphatic carbocycles. The van der Waals surface area contributed by atoms with E-state index in [2.05, 4.69) is 123 Å². The highest BCUT2D eigenvalue weighted by molar-refractivity contribution is 7.09. The predicted octanol–water partition coefficient (Wildman–Crippen LogP) is 22.0. The number of hydrogen-bond donors (Lipinski definition) is 2. The number of thiazole rings is 1.